The van der Waals surface area contributed by atoms with Crippen molar-refractivity contribution in [1.29, 1.82) is 0 Å². The average molecular weight is 403 g/mol. The molecular formula is C20H22FN3O5. The van der Waals surface area contributed by atoms with Crippen molar-refractivity contribution in [3.63, 3.8) is 0 Å². The standard InChI is InChI=1S/C20H22FN3O5/c1-3-29-17(15-9-8-14(28-2)10-16(15)21)19(25)23-11-12-4-6-13(7-5-12)18(22)24-20(26)27/h4-10,17H,3,11H2,1-2H3,(H2,22,24)(H,23,25)(H,26,27). The van der Waals surface area contributed by atoms with Gasteiger partial charge in [-0.2, -0.15) is 4.99 Å². The maximum Gasteiger partial charge on any atom is 0.433 e. The summed E-state index contributed by atoms with van der Waals surface area (Å²) < 4.78 is 24.8. The number of hydrogen-bond donors (Lipinski definition) is 3. The zero-order valence-corrected chi connectivity index (χ0v) is 16.0. The van der Waals surface area contributed by atoms with E-state index in [9.17, 15) is 14.0 Å². The summed E-state index contributed by atoms with van der Waals surface area (Å²) in [7, 11) is 1.42. The fourth-order valence-electron chi connectivity index (χ4n) is 2.56. The molecular weight excluding hydrogens is 381 g/mol. The maximum atomic E-state index is 14.3. The molecule has 0 aromatic heterocycles. The van der Waals surface area contributed by atoms with Crippen LogP contribution in [0.3, 0.4) is 0 Å². The number of amidine groups is 1. The summed E-state index contributed by atoms with van der Waals surface area (Å²) in [5, 5.41) is 11.3. The number of rotatable bonds is 8. The van der Waals surface area contributed by atoms with Crippen molar-refractivity contribution in [3.8, 4) is 5.75 Å². The van der Waals surface area contributed by atoms with Crippen molar-refractivity contribution < 1.29 is 28.6 Å². The molecule has 29 heavy (non-hydrogen) atoms. The van der Waals surface area contributed by atoms with E-state index in [1.165, 1.54) is 19.2 Å². The SMILES string of the molecule is CCOC(C(=O)NCc1ccc(/C(N)=N/C(=O)O)cc1)c1ccc(OC)cc1F. The lowest BCUT2D eigenvalue weighted by Crippen LogP contribution is -2.31. The summed E-state index contributed by atoms with van der Waals surface area (Å²) in [4.78, 5) is 26.4. The van der Waals surface area contributed by atoms with Crippen molar-refractivity contribution in [3.05, 3.63) is 65.0 Å². The number of benzene rings is 2. The van der Waals surface area contributed by atoms with Crippen LogP contribution in [0.2, 0.25) is 0 Å². The highest BCUT2D eigenvalue weighted by molar-refractivity contribution is 6.02. The Morgan fingerprint density at radius 3 is 2.48 bits per heavy atom. The van der Waals surface area contributed by atoms with Gasteiger partial charge in [0, 0.05) is 30.3 Å². The fourth-order valence-corrected chi connectivity index (χ4v) is 2.56. The van der Waals surface area contributed by atoms with E-state index in [-0.39, 0.29) is 24.6 Å². The number of carboxylic acid groups (broad SMARTS) is 1. The lowest BCUT2D eigenvalue weighted by atomic mass is 10.1. The Kier molecular flexibility index (Phi) is 7.67. The number of carbonyl (C=O) groups is 2. The van der Waals surface area contributed by atoms with E-state index >= 15 is 0 Å². The van der Waals surface area contributed by atoms with Gasteiger partial charge in [0.2, 0.25) is 0 Å². The summed E-state index contributed by atoms with van der Waals surface area (Å²) in [6.45, 7) is 2.10. The van der Waals surface area contributed by atoms with Crippen molar-refractivity contribution in [2.45, 2.75) is 19.6 Å². The van der Waals surface area contributed by atoms with Crippen molar-refractivity contribution >= 4 is 17.8 Å². The summed E-state index contributed by atoms with van der Waals surface area (Å²) in [6, 6.07) is 10.7. The van der Waals surface area contributed by atoms with Gasteiger partial charge < -0.3 is 25.6 Å². The fraction of sp³-hybridized carbons (Fsp3) is 0.250. The largest absolute Gasteiger partial charge is 0.497 e. The second kappa shape index (κ2) is 10.2. The van der Waals surface area contributed by atoms with Gasteiger partial charge in [-0.15, -0.1) is 0 Å². The molecule has 0 heterocycles. The second-order valence-corrected chi connectivity index (χ2v) is 5.92. The van der Waals surface area contributed by atoms with Crippen LogP contribution in [0.25, 0.3) is 0 Å². The van der Waals surface area contributed by atoms with Crippen molar-refractivity contribution in [2.75, 3.05) is 13.7 Å². The minimum atomic E-state index is -1.38. The monoisotopic (exact) mass is 403 g/mol. The van der Waals surface area contributed by atoms with E-state index < -0.39 is 23.9 Å². The van der Waals surface area contributed by atoms with E-state index in [4.69, 9.17) is 20.3 Å². The van der Waals surface area contributed by atoms with Crippen LogP contribution < -0.4 is 15.8 Å². The molecule has 0 bridgehead atoms. The summed E-state index contributed by atoms with van der Waals surface area (Å²) in [5.74, 6) is -0.880. The van der Waals surface area contributed by atoms with Gasteiger partial charge in [-0.05, 0) is 24.6 Å². The van der Waals surface area contributed by atoms with E-state index in [1.54, 1.807) is 37.3 Å². The van der Waals surface area contributed by atoms with Gasteiger partial charge in [-0.25, -0.2) is 9.18 Å². The lowest BCUT2D eigenvalue weighted by molar-refractivity contribution is -0.133. The van der Waals surface area contributed by atoms with E-state index in [0.29, 0.717) is 11.3 Å². The number of ether oxygens (including phenoxy) is 2. The number of carbonyl (C=O) groups excluding carboxylic acids is 1. The maximum absolute atomic E-state index is 14.3. The van der Waals surface area contributed by atoms with Crippen LogP contribution >= 0.6 is 0 Å². The number of methoxy groups -OCH3 is 1. The zero-order chi connectivity index (χ0) is 21.4. The first kappa shape index (κ1) is 21.8. The number of nitrogens with one attached hydrogen (secondary N) is 1. The normalized spacial score (nSPS) is 12.3. The number of amides is 2. The molecule has 0 fully saturated rings. The van der Waals surface area contributed by atoms with Gasteiger partial charge >= 0.3 is 6.09 Å². The molecule has 2 aromatic carbocycles. The van der Waals surface area contributed by atoms with Gasteiger partial charge in [0.1, 0.15) is 17.4 Å². The number of aliphatic imine (C=N–C) groups is 1. The first-order valence-corrected chi connectivity index (χ1v) is 8.74. The summed E-state index contributed by atoms with van der Waals surface area (Å²) in [5.41, 5.74) is 6.86. The van der Waals surface area contributed by atoms with Crippen LogP contribution in [0.5, 0.6) is 5.75 Å². The van der Waals surface area contributed by atoms with Crippen LogP contribution in [0.4, 0.5) is 9.18 Å². The molecule has 9 heteroatoms. The highest BCUT2D eigenvalue weighted by Gasteiger charge is 2.24. The average Bonchev–Trinajstić information content (AvgIpc) is 2.70. The van der Waals surface area contributed by atoms with Gasteiger partial charge in [-0.3, -0.25) is 4.79 Å². The molecule has 0 saturated heterocycles. The predicted octanol–water partition coefficient (Wildman–Crippen LogP) is 2.61. The Morgan fingerprint density at radius 2 is 1.93 bits per heavy atom. The van der Waals surface area contributed by atoms with E-state index in [0.717, 1.165) is 5.56 Å². The van der Waals surface area contributed by atoms with Crippen molar-refractivity contribution in [2.24, 2.45) is 10.7 Å². The van der Waals surface area contributed by atoms with Crippen LogP contribution in [-0.2, 0) is 16.1 Å². The first-order valence-electron chi connectivity index (χ1n) is 8.74. The Morgan fingerprint density at radius 1 is 1.24 bits per heavy atom. The lowest BCUT2D eigenvalue weighted by Gasteiger charge is -2.18. The third-order valence-corrected chi connectivity index (χ3v) is 3.99. The molecule has 0 radical (unpaired) electrons. The predicted molar refractivity (Wildman–Crippen MR) is 104 cm³/mol. The minimum Gasteiger partial charge on any atom is -0.497 e. The highest BCUT2D eigenvalue weighted by atomic mass is 19.1. The molecule has 2 rings (SSSR count). The topological polar surface area (TPSA) is 123 Å². The molecule has 2 aromatic rings. The number of nitrogens with zero attached hydrogens (tertiary/aromatic N) is 1. The Bertz CT molecular complexity index is 899. The highest BCUT2D eigenvalue weighted by Crippen LogP contribution is 2.25. The van der Waals surface area contributed by atoms with Gasteiger partial charge in [-0.1, -0.05) is 24.3 Å². The summed E-state index contributed by atoms with van der Waals surface area (Å²) >= 11 is 0. The molecule has 4 N–H and O–H groups in total. The third kappa shape index (κ3) is 6.01. The van der Waals surface area contributed by atoms with Gasteiger partial charge in [0.25, 0.3) is 5.91 Å². The molecule has 0 aliphatic carbocycles. The summed E-state index contributed by atoms with van der Waals surface area (Å²) in [6.07, 6.45) is -2.49. The number of halogens is 1. The Balaban J connectivity index is 2.08. The smallest absolute Gasteiger partial charge is 0.433 e. The third-order valence-electron chi connectivity index (χ3n) is 3.99. The number of hydrogen-bond acceptors (Lipinski definition) is 4. The van der Waals surface area contributed by atoms with Crippen LogP contribution in [0.15, 0.2) is 47.5 Å². The molecule has 154 valence electrons. The van der Waals surface area contributed by atoms with Gasteiger partial charge in [0.05, 0.1) is 7.11 Å². The Hall–Kier alpha value is -3.46. The van der Waals surface area contributed by atoms with E-state index in [2.05, 4.69) is 10.3 Å². The zero-order valence-electron chi connectivity index (χ0n) is 16.0. The molecule has 0 aliphatic heterocycles. The second-order valence-electron chi connectivity index (χ2n) is 5.92. The van der Waals surface area contributed by atoms with Gasteiger partial charge in [0.15, 0.2) is 6.10 Å². The van der Waals surface area contributed by atoms with Crippen LogP contribution in [0.1, 0.15) is 29.7 Å². The first-order chi connectivity index (χ1) is 13.8. The molecule has 0 aliphatic rings. The van der Waals surface area contributed by atoms with E-state index in [1.807, 2.05) is 0 Å². The Labute approximate surface area is 167 Å². The molecule has 2 amide bonds. The quantitative estimate of drug-likeness (QED) is 0.460. The molecule has 1 atom stereocenters. The molecule has 8 nitrogen and oxygen atoms in total. The van der Waals surface area contributed by atoms with Crippen LogP contribution in [0, 0.1) is 5.82 Å². The number of nitrogens with two attached hydrogens (primary N) is 1. The molecule has 0 saturated carbocycles. The van der Waals surface area contributed by atoms with Crippen molar-refractivity contribution in [1.82, 2.24) is 5.32 Å². The van der Waals surface area contributed by atoms with Crippen LogP contribution in [-0.4, -0.2) is 36.7 Å². The minimum absolute atomic E-state index is 0.109. The molecule has 1 unspecified atom stereocenters. The molecule has 0 spiro atoms.